The predicted octanol–water partition coefficient (Wildman–Crippen LogP) is 3.72. The first-order chi connectivity index (χ1) is 10.1. The molecule has 4 nitrogen and oxygen atoms in total. The largest absolute Gasteiger partial charge is 0.508 e. The Morgan fingerprint density at radius 3 is 2.43 bits per heavy atom. The van der Waals surface area contributed by atoms with E-state index >= 15 is 0 Å². The maximum Gasteiger partial charge on any atom is 0.124 e. The molecule has 2 N–H and O–H groups in total. The molecule has 0 aromatic heterocycles. The highest BCUT2D eigenvalue weighted by molar-refractivity contribution is 5.48. The zero-order chi connectivity index (χ0) is 15.2. The number of phenols is 1. The topological polar surface area (TPSA) is 50.7 Å². The number of hydrogen-bond donors (Lipinski definition) is 2. The number of ether oxygens (including phenoxy) is 2. The third kappa shape index (κ3) is 3.89. The number of benzene rings is 2. The van der Waals surface area contributed by atoms with Gasteiger partial charge in [-0.1, -0.05) is 6.07 Å². The molecule has 2 aromatic carbocycles. The van der Waals surface area contributed by atoms with Gasteiger partial charge in [-0.2, -0.15) is 0 Å². The Morgan fingerprint density at radius 1 is 1.10 bits per heavy atom. The molecule has 0 spiro atoms. The van der Waals surface area contributed by atoms with Crippen LogP contribution in [0.5, 0.6) is 11.5 Å². The van der Waals surface area contributed by atoms with Crippen molar-refractivity contribution in [3.8, 4) is 11.5 Å². The van der Waals surface area contributed by atoms with E-state index in [1.54, 1.807) is 26.4 Å². The maximum atomic E-state index is 9.31. The van der Waals surface area contributed by atoms with E-state index in [1.807, 2.05) is 24.3 Å². The van der Waals surface area contributed by atoms with Crippen molar-refractivity contribution in [3.63, 3.8) is 0 Å². The molecule has 21 heavy (non-hydrogen) atoms. The molecule has 0 saturated carbocycles. The second-order valence-electron chi connectivity index (χ2n) is 4.92. The van der Waals surface area contributed by atoms with Gasteiger partial charge in [0.1, 0.15) is 11.5 Å². The lowest BCUT2D eigenvalue weighted by atomic mass is 10.0. The van der Waals surface area contributed by atoms with E-state index in [4.69, 9.17) is 9.47 Å². The molecule has 0 bridgehead atoms. The molecule has 0 aliphatic heterocycles. The van der Waals surface area contributed by atoms with Gasteiger partial charge in [-0.05, 0) is 48.9 Å². The van der Waals surface area contributed by atoms with Gasteiger partial charge >= 0.3 is 0 Å². The normalized spacial score (nSPS) is 12.0. The molecular weight excluding hydrogens is 266 g/mol. The first-order valence-electron chi connectivity index (χ1n) is 6.85. The maximum absolute atomic E-state index is 9.31. The summed E-state index contributed by atoms with van der Waals surface area (Å²) in [5, 5.41) is 12.7. The number of rotatable bonds is 6. The smallest absolute Gasteiger partial charge is 0.124 e. The molecule has 0 aliphatic rings. The van der Waals surface area contributed by atoms with Crippen molar-refractivity contribution >= 4 is 5.69 Å². The summed E-state index contributed by atoms with van der Waals surface area (Å²) in [5.41, 5.74) is 3.14. The van der Waals surface area contributed by atoms with Crippen LogP contribution in [0.25, 0.3) is 0 Å². The first-order valence-corrected chi connectivity index (χ1v) is 6.85. The molecule has 0 amide bonds. The second-order valence-corrected chi connectivity index (χ2v) is 4.92. The van der Waals surface area contributed by atoms with Gasteiger partial charge in [-0.25, -0.2) is 0 Å². The van der Waals surface area contributed by atoms with Crippen LogP contribution in [0.3, 0.4) is 0 Å². The summed E-state index contributed by atoms with van der Waals surface area (Å²) in [6.07, 6.45) is 0. The summed E-state index contributed by atoms with van der Waals surface area (Å²) in [7, 11) is 3.33. The van der Waals surface area contributed by atoms with Crippen molar-refractivity contribution in [2.75, 3.05) is 19.5 Å². The Bertz CT molecular complexity index is 581. The average Bonchev–Trinajstić information content (AvgIpc) is 2.50. The van der Waals surface area contributed by atoms with E-state index in [1.165, 1.54) is 0 Å². The third-order valence-electron chi connectivity index (χ3n) is 3.35. The van der Waals surface area contributed by atoms with Crippen molar-refractivity contribution < 1.29 is 14.6 Å². The highest BCUT2D eigenvalue weighted by atomic mass is 16.5. The van der Waals surface area contributed by atoms with Crippen LogP contribution in [0.4, 0.5) is 5.69 Å². The van der Waals surface area contributed by atoms with E-state index in [2.05, 4.69) is 18.3 Å². The van der Waals surface area contributed by atoms with Gasteiger partial charge in [0.2, 0.25) is 0 Å². The van der Waals surface area contributed by atoms with E-state index in [9.17, 15) is 5.11 Å². The Hall–Kier alpha value is -2.20. The minimum Gasteiger partial charge on any atom is -0.508 e. The van der Waals surface area contributed by atoms with Crippen molar-refractivity contribution in [2.24, 2.45) is 0 Å². The number of nitrogens with one attached hydrogen (secondary N) is 1. The average molecular weight is 287 g/mol. The predicted molar refractivity (Wildman–Crippen MR) is 83.9 cm³/mol. The monoisotopic (exact) mass is 287 g/mol. The van der Waals surface area contributed by atoms with Gasteiger partial charge in [0.05, 0.1) is 13.7 Å². The molecule has 4 heteroatoms. The molecule has 0 fully saturated rings. The van der Waals surface area contributed by atoms with Crippen LogP contribution >= 0.6 is 0 Å². The molecular formula is C17H21NO3. The fraction of sp³-hybridized carbons (Fsp3) is 0.294. The lowest BCUT2D eigenvalue weighted by Gasteiger charge is -2.18. The first kappa shape index (κ1) is 15.2. The highest BCUT2D eigenvalue weighted by Gasteiger charge is 2.10. The molecule has 0 saturated heterocycles. The Morgan fingerprint density at radius 2 is 1.81 bits per heavy atom. The van der Waals surface area contributed by atoms with Crippen LogP contribution in [0, 0.1) is 0 Å². The number of aromatic hydroxyl groups is 1. The van der Waals surface area contributed by atoms with Crippen LogP contribution < -0.4 is 10.1 Å². The Balaban J connectivity index is 2.16. The third-order valence-corrected chi connectivity index (χ3v) is 3.35. The molecule has 1 unspecified atom stereocenters. The van der Waals surface area contributed by atoms with E-state index in [-0.39, 0.29) is 11.8 Å². The van der Waals surface area contributed by atoms with Crippen molar-refractivity contribution in [1.82, 2.24) is 0 Å². The minimum atomic E-state index is 0.135. The Labute approximate surface area is 125 Å². The van der Waals surface area contributed by atoms with Gasteiger partial charge in [0.25, 0.3) is 0 Å². The van der Waals surface area contributed by atoms with Crippen molar-refractivity contribution in [3.05, 3.63) is 53.6 Å². The van der Waals surface area contributed by atoms with Gasteiger partial charge in [-0.3, -0.25) is 0 Å². The SMILES string of the molecule is COCc1cc(C(C)Nc2ccc(O)cc2)ccc1OC. The molecule has 2 rings (SSSR count). The van der Waals surface area contributed by atoms with Crippen molar-refractivity contribution in [2.45, 2.75) is 19.6 Å². The van der Waals surface area contributed by atoms with Crippen molar-refractivity contribution in [1.29, 1.82) is 0 Å². The number of phenolic OH excluding ortho intramolecular Hbond substituents is 1. The summed E-state index contributed by atoms with van der Waals surface area (Å²) >= 11 is 0. The highest BCUT2D eigenvalue weighted by Crippen LogP contribution is 2.26. The lowest BCUT2D eigenvalue weighted by Crippen LogP contribution is -2.07. The summed E-state index contributed by atoms with van der Waals surface area (Å²) in [6, 6.07) is 13.3. The zero-order valence-electron chi connectivity index (χ0n) is 12.6. The molecule has 0 aliphatic carbocycles. The van der Waals surface area contributed by atoms with Crippen LogP contribution in [0.15, 0.2) is 42.5 Å². The zero-order valence-corrected chi connectivity index (χ0v) is 12.6. The van der Waals surface area contributed by atoms with Gasteiger partial charge in [0, 0.05) is 24.4 Å². The molecule has 1 atom stereocenters. The Kier molecular flexibility index (Phi) is 5.06. The van der Waals surface area contributed by atoms with Gasteiger partial charge in [-0.15, -0.1) is 0 Å². The fourth-order valence-corrected chi connectivity index (χ4v) is 2.23. The quantitative estimate of drug-likeness (QED) is 0.795. The molecule has 0 heterocycles. The summed E-state index contributed by atoms with van der Waals surface area (Å²) in [6.45, 7) is 2.61. The van der Waals surface area contributed by atoms with Crippen LogP contribution in [0.1, 0.15) is 24.1 Å². The molecule has 0 radical (unpaired) electrons. The van der Waals surface area contributed by atoms with Crippen LogP contribution in [-0.2, 0) is 11.3 Å². The molecule has 2 aromatic rings. The van der Waals surface area contributed by atoms with E-state index in [0.717, 1.165) is 22.6 Å². The minimum absolute atomic E-state index is 0.135. The van der Waals surface area contributed by atoms with Gasteiger partial charge < -0.3 is 19.9 Å². The number of hydrogen-bond acceptors (Lipinski definition) is 4. The standard InChI is InChI=1S/C17H21NO3/c1-12(18-15-5-7-16(19)8-6-15)13-4-9-17(21-3)14(10-13)11-20-2/h4-10,12,18-19H,11H2,1-3H3. The summed E-state index contributed by atoms with van der Waals surface area (Å²) < 4.78 is 10.5. The summed E-state index contributed by atoms with van der Waals surface area (Å²) in [5.74, 6) is 1.09. The number of methoxy groups -OCH3 is 2. The van der Waals surface area contributed by atoms with Crippen LogP contribution in [-0.4, -0.2) is 19.3 Å². The van der Waals surface area contributed by atoms with Gasteiger partial charge in [0.15, 0.2) is 0 Å². The lowest BCUT2D eigenvalue weighted by molar-refractivity contribution is 0.181. The van der Waals surface area contributed by atoms with E-state index in [0.29, 0.717) is 6.61 Å². The summed E-state index contributed by atoms with van der Waals surface area (Å²) in [4.78, 5) is 0. The van der Waals surface area contributed by atoms with E-state index < -0.39 is 0 Å². The van der Waals surface area contributed by atoms with Crippen LogP contribution in [0.2, 0.25) is 0 Å². The number of anilines is 1. The fourth-order valence-electron chi connectivity index (χ4n) is 2.23. The molecule has 112 valence electrons. The second kappa shape index (κ2) is 6.99.